The number of hydrogen-bond donors (Lipinski definition) is 6. The van der Waals surface area contributed by atoms with E-state index < -0.39 is 41.2 Å². The van der Waals surface area contributed by atoms with Crippen LogP contribution >= 0.6 is 22.9 Å². The van der Waals surface area contributed by atoms with E-state index in [2.05, 4.69) is 41.0 Å². The third-order valence-corrected chi connectivity index (χ3v) is 15.7. The summed E-state index contributed by atoms with van der Waals surface area (Å²) < 4.78 is 39.5. The summed E-state index contributed by atoms with van der Waals surface area (Å²) in [5.41, 5.74) is 4.80. The third kappa shape index (κ3) is 16.1. The molecule has 0 bridgehead atoms. The predicted molar refractivity (Wildman–Crippen MR) is 314 cm³/mol. The average Bonchev–Trinajstić information content (AvgIpc) is 4.14. The van der Waals surface area contributed by atoms with Crippen LogP contribution in [0.4, 0.5) is 16.2 Å². The van der Waals surface area contributed by atoms with E-state index in [1.807, 2.05) is 95.7 Å². The number of piperazine rings is 1. The Kier molecular flexibility index (Phi) is 21.6. The number of benzene rings is 4. The van der Waals surface area contributed by atoms with E-state index in [0.717, 1.165) is 58.5 Å². The van der Waals surface area contributed by atoms with Crippen molar-refractivity contribution in [1.82, 2.24) is 40.7 Å². The van der Waals surface area contributed by atoms with E-state index in [4.69, 9.17) is 35.5 Å². The van der Waals surface area contributed by atoms with E-state index in [0.29, 0.717) is 81.9 Å². The molecule has 4 aromatic carbocycles. The van der Waals surface area contributed by atoms with Gasteiger partial charge < -0.3 is 65.1 Å². The summed E-state index contributed by atoms with van der Waals surface area (Å²) in [6, 6.07) is 18.1. The number of nitrogens with one attached hydrogen (secondary N) is 4. The molecule has 8 rings (SSSR count). The molecule has 2 aromatic heterocycles. The fourth-order valence-electron chi connectivity index (χ4n) is 10.0. The number of anilines is 2. The van der Waals surface area contributed by atoms with E-state index in [1.165, 1.54) is 11.0 Å². The highest BCUT2D eigenvalue weighted by molar-refractivity contribution is 7.13. The lowest BCUT2D eigenvalue weighted by Crippen LogP contribution is -2.58. The minimum atomic E-state index is -0.982. The number of aromatic nitrogens is 3. The number of aromatic hydroxyl groups is 1. The van der Waals surface area contributed by atoms with Gasteiger partial charge in [-0.15, -0.1) is 11.3 Å². The number of aryl methyl sites for hydroxylation is 1. The van der Waals surface area contributed by atoms with Gasteiger partial charge >= 0.3 is 0 Å². The predicted octanol–water partition coefficient (Wildman–Crippen LogP) is 6.96. The molecule has 19 nitrogen and oxygen atoms in total. The molecular formula is C59H76ClFN10O9S. The number of amides is 3. The Labute approximate surface area is 481 Å². The molecule has 6 N–H and O–H groups in total. The molecule has 2 fully saturated rings. The standard InChI is InChI=1S/C59H76ClFN10O9S/c1-37(39-12-14-40(15-13-39)53-38(2)64-36-81-53)65-56(75)48-32-43(73)34-71(48)57(76)54(59(3,4)5)66-49(74)35-80-29-28-79-27-26-78-25-24-77-23-22-69(6)19-9-16-63-58-67-52-46(55(68-58)70-20-17-62-18-21-70)33-47(60)50(51(52)61)45-31-42(72)30-41-10-7-8-11-44(41)45/h7-8,10-15,30-31,33,36-37,43,48,54,62,72-73H,9,16-29,32,34-35H2,1-6H3,(H,65,75)(H,66,74)(H,63,67,68)/t37?,43-,48+,54?/m1/s1. The van der Waals surface area contributed by atoms with E-state index in [-0.39, 0.29) is 66.6 Å². The van der Waals surface area contributed by atoms with Gasteiger partial charge in [0.1, 0.15) is 35.8 Å². The normalized spacial score (nSPS) is 16.6. The number of likely N-dealkylation sites (N-methyl/N-ethyl adjacent to an activating group) is 1. The number of fused-ring (bicyclic) bond motifs is 2. The number of phenols is 1. The summed E-state index contributed by atoms with van der Waals surface area (Å²) in [6.45, 7) is 16.3. The van der Waals surface area contributed by atoms with Crippen molar-refractivity contribution in [3.63, 3.8) is 0 Å². The second-order valence-electron chi connectivity index (χ2n) is 21.6. The Morgan fingerprint density at radius 1 is 0.914 bits per heavy atom. The van der Waals surface area contributed by atoms with Crippen molar-refractivity contribution in [2.45, 2.75) is 71.7 Å². The first kappa shape index (κ1) is 60.9. The first-order valence-corrected chi connectivity index (χ1v) is 28.9. The number of halogens is 2. The summed E-state index contributed by atoms with van der Waals surface area (Å²) in [5, 5.41) is 36.0. The van der Waals surface area contributed by atoms with Crippen LogP contribution in [-0.4, -0.2) is 183 Å². The molecular weight excluding hydrogens is 1080 g/mol. The van der Waals surface area contributed by atoms with Gasteiger partial charge in [-0.05, 0) is 84.9 Å². The Morgan fingerprint density at radius 3 is 2.30 bits per heavy atom. The third-order valence-electron chi connectivity index (χ3n) is 14.4. The Bertz CT molecular complexity index is 3090. The van der Waals surface area contributed by atoms with Crippen LogP contribution < -0.4 is 26.2 Å². The van der Waals surface area contributed by atoms with E-state index in [9.17, 15) is 24.6 Å². The quantitative estimate of drug-likeness (QED) is 0.0287. The Morgan fingerprint density at radius 2 is 1.60 bits per heavy atom. The number of phenolic OH excluding ortho intramolecular Hbond substituents is 1. The maximum absolute atomic E-state index is 16.8. The fourth-order valence-corrected chi connectivity index (χ4v) is 11.2. The zero-order valence-corrected chi connectivity index (χ0v) is 48.6. The second-order valence-corrected chi connectivity index (χ2v) is 22.9. The number of aliphatic hydroxyl groups is 1. The van der Waals surface area contributed by atoms with Crippen LogP contribution in [0.25, 0.3) is 43.2 Å². The number of nitrogens with zero attached hydrogens (tertiary/aromatic N) is 6. The second kappa shape index (κ2) is 28.7. The highest BCUT2D eigenvalue weighted by Crippen LogP contribution is 2.42. The highest BCUT2D eigenvalue weighted by atomic mass is 35.5. The molecule has 436 valence electrons. The molecule has 2 aliphatic rings. The molecule has 2 saturated heterocycles. The van der Waals surface area contributed by atoms with Gasteiger partial charge in [-0.2, -0.15) is 4.98 Å². The first-order valence-electron chi connectivity index (χ1n) is 27.7. The van der Waals surface area contributed by atoms with Crippen molar-refractivity contribution in [2.75, 3.05) is 122 Å². The summed E-state index contributed by atoms with van der Waals surface area (Å²) in [6.07, 6.45) is -0.0363. The topological polar surface area (TPSA) is 225 Å². The van der Waals surface area contributed by atoms with Crippen molar-refractivity contribution in [3.8, 4) is 27.3 Å². The zero-order chi connectivity index (χ0) is 57.6. The van der Waals surface area contributed by atoms with Crippen LogP contribution in [0.1, 0.15) is 57.8 Å². The number of hydrogen-bond acceptors (Lipinski definition) is 17. The minimum Gasteiger partial charge on any atom is -0.508 e. The molecule has 3 amide bonds. The van der Waals surface area contributed by atoms with Gasteiger partial charge in [-0.25, -0.2) is 14.4 Å². The smallest absolute Gasteiger partial charge is 0.246 e. The number of carbonyl (C=O) groups excluding carboxylic acids is 3. The lowest BCUT2D eigenvalue weighted by atomic mass is 9.85. The van der Waals surface area contributed by atoms with Crippen LogP contribution in [0, 0.1) is 18.2 Å². The number of rotatable bonds is 27. The van der Waals surface area contributed by atoms with Crippen molar-refractivity contribution >= 4 is 74.1 Å². The maximum atomic E-state index is 16.8. The number of thiazole rings is 1. The highest BCUT2D eigenvalue weighted by Gasteiger charge is 2.45. The molecule has 0 spiro atoms. The Balaban J connectivity index is 0.689. The van der Waals surface area contributed by atoms with Crippen molar-refractivity contribution in [2.24, 2.45) is 5.41 Å². The average molecular weight is 1160 g/mol. The molecule has 0 radical (unpaired) electrons. The fraction of sp³-hybridized carbons (Fsp3) is 0.492. The van der Waals surface area contributed by atoms with E-state index >= 15 is 4.39 Å². The summed E-state index contributed by atoms with van der Waals surface area (Å²) >= 11 is 8.44. The summed E-state index contributed by atoms with van der Waals surface area (Å²) in [5.74, 6) is -0.953. The number of β-amino-alcohol motifs (C(OH)–C–C–N with tert-alkyl or cyclic N) is 1. The van der Waals surface area contributed by atoms with Crippen molar-refractivity contribution in [3.05, 3.63) is 94.3 Å². The van der Waals surface area contributed by atoms with Crippen LogP contribution in [0.15, 0.2) is 72.2 Å². The van der Waals surface area contributed by atoms with Gasteiger partial charge in [0.25, 0.3) is 0 Å². The molecule has 0 aliphatic carbocycles. The molecule has 2 aliphatic heterocycles. The lowest BCUT2D eigenvalue weighted by molar-refractivity contribution is -0.144. The number of ether oxygens (including phenoxy) is 4. The molecule has 0 saturated carbocycles. The SMILES string of the molecule is Cc1ncsc1-c1ccc(C(C)NC(=O)[C@@H]2C[C@@H](O)CN2C(=O)C(NC(=O)COCCOCCOCCOCCN(C)CCCNc2nc(N3CCNCC3)c3cc(Cl)c(-c4cc(O)cc5ccccc45)c(F)c3n2)C(C)(C)C)cc1. The summed E-state index contributed by atoms with van der Waals surface area (Å²) in [7, 11) is 2.02. The van der Waals surface area contributed by atoms with Gasteiger partial charge in [-0.1, -0.05) is 80.9 Å². The van der Waals surface area contributed by atoms with E-state index in [1.54, 1.807) is 23.5 Å². The number of carbonyl (C=O) groups is 3. The monoisotopic (exact) mass is 1150 g/mol. The first-order chi connectivity index (χ1) is 39.0. The molecule has 81 heavy (non-hydrogen) atoms. The van der Waals surface area contributed by atoms with Crippen molar-refractivity contribution in [1.29, 1.82) is 0 Å². The molecule has 4 heterocycles. The van der Waals surface area contributed by atoms with Gasteiger partial charge in [0, 0.05) is 63.2 Å². The molecule has 6 aromatic rings. The minimum absolute atomic E-state index is 0.0107. The van der Waals surface area contributed by atoms with Crippen LogP contribution in [-0.2, 0) is 33.3 Å². The van der Waals surface area contributed by atoms with Crippen LogP contribution in [0.2, 0.25) is 5.02 Å². The molecule has 22 heteroatoms. The van der Waals surface area contributed by atoms with Gasteiger partial charge in [0.2, 0.25) is 23.7 Å². The van der Waals surface area contributed by atoms with Crippen LogP contribution in [0.3, 0.4) is 0 Å². The van der Waals surface area contributed by atoms with Gasteiger partial charge in [-0.3, -0.25) is 14.4 Å². The largest absolute Gasteiger partial charge is 0.508 e. The number of aliphatic hydroxyl groups excluding tert-OH is 1. The molecule has 4 atom stereocenters. The lowest BCUT2D eigenvalue weighted by Gasteiger charge is -2.35. The number of likely N-dealkylation sites (tertiary alicyclic amines) is 1. The maximum Gasteiger partial charge on any atom is 0.246 e. The Hall–Kier alpha value is -6.14. The zero-order valence-electron chi connectivity index (χ0n) is 47.1. The van der Waals surface area contributed by atoms with Crippen LogP contribution in [0.5, 0.6) is 5.75 Å². The summed E-state index contributed by atoms with van der Waals surface area (Å²) in [4.78, 5) is 61.4. The van der Waals surface area contributed by atoms with Gasteiger partial charge in [0.15, 0.2) is 5.82 Å². The molecule has 2 unspecified atom stereocenters. The van der Waals surface area contributed by atoms with Crippen molar-refractivity contribution < 1.29 is 47.9 Å². The van der Waals surface area contributed by atoms with Gasteiger partial charge in [0.05, 0.1) is 79.5 Å².